The first-order valence-corrected chi connectivity index (χ1v) is 9.38. The van der Waals surface area contributed by atoms with Gasteiger partial charge >= 0.3 is 6.18 Å². The number of rotatable bonds is 6. The second-order valence-electron chi connectivity index (χ2n) is 6.42. The number of benzene rings is 1. The van der Waals surface area contributed by atoms with Gasteiger partial charge in [0.1, 0.15) is 11.5 Å². The van der Waals surface area contributed by atoms with E-state index in [1.807, 2.05) is 25.3 Å². The maximum atomic E-state index is 13.6. The molecule has 0 atom stereocenters. The zero-order valence-corrected chi connectivity index (χ0v) is 16.6. The lowest BCUT2D eigenvalue weighted by molar-refractivity contribution is -0.0972. The second-order valence-corrected chi connectivity index (χ2v) is 6.42. The van der Waals surface area contributed by atoms with Gasteiger partial charge in [0.25, 0.3) is 5.91 Å². The summed E-state index contributed by atoms with van der Waals surface area (Å²) in [6, 6.07) is 6.26. The molecule has 0 unspecified atom stereocenters. The van der Waals surface area contributed by atoms with Crippen molar-refractivity contribution in [1.29, 1.82) is 0 Å². The Kier molecular flexibility index (Phi) is 7.36. The lowest BCUT2D eigenvalue weighted by atomic mass is 9.72. The van der Waals surface area contributed by atoms with Crippen LogP contribution in [-0.2, 0) is 5.54 Å². The van der Waals surface area contributed by atoms with Crippen LogP contribution in [0.2, 0.25) is 0 Å². The lowest BCUT2D eigenvalue weighted by Gasteiger charge is -2.43. The molecule has 1 aliphatic carbocycles. The molecular weight excluding hydrogens is 402 g/mol. The van der Waals surface area contributed by atoms with Gasteiger partial charge in [0.15, 0.2) is 0 Å². The third kappa shape index (κ3) is 5.46. The summed E-state index contributed by atoms with van der Waals surface area (Å²) in [5.74, 6) is -0.958. The largest absolute Gasteiger partial charge is 0.432 e. The zero-order valence-electron chi connectivity index (χ0n) is 16.6. The fourth-order valence-electron chi connectivity index (χ4n) is 2.80. The number of anilines is 1. The van der Waals surface area contributed by atoms with E-state index < -0.39 is 23.3 Å². The number of alkyl halides is 3. The SMILES string of the molecule is C=C(NNC(=O)c1cnc(NC2(c3cccc(F)c3)CCC2)nc1)C(F)(F)F.CC. The summed E-state index contributed by atoms with van der Waals surface area (Å²) in [4.78, 5) is 20.0. The van der Waals surface area contributed by atoms with Gasteiger partial charge in [-0.15, -0.1) is 0 Å². The van der Waals surface area contributed by atoms with Crippen LogP contribution in [0, 0.1) is 5.82 Å². The summed E-state index contributed by atoms with van der Waals surface area (Å²) in [6.45, 7) is 6.78. The molecule has 2 aromatic rings. The first-order valence-electron chi connectivity index (χ1n) is 9.38. The van der Waals surface area contributed by atoms with Crippen LogP contribution in [0.3, 0.4) is 0 Å². The molecule has 3 rings (SSSR count). The van der Waals surface area contributed by atoms with E-state index >= 15 is 0 Å². The van der Waals surface area contributed by atoms with Crippen LogP contribution >= 0.6 is 0 Å². The van der Waals surface area contributed by atoms with E-state index in [1.165, 1.54) is 24.5 Å². The second kappa shape index (κ2) is 9.55. The van der Waals surface area contributed by atoms with Crippen molar-refractivity contribution in [3.05, 3.63) is 65.9 Å². The first kappa shape index (κ1) is 23.1. The Labute approximate surface area is 171 Å². The van der Waals surface area contributed by atoms with E-state index in [0.29, 0.717) is 0 Å². The van der Waals surface area contributed by atoms with Gasteiger partial charge in [0.2, 0.25) is 5.95 Å². The number of halogens is 4. The summed E-state index contributed by atoms with van der Waals surface area (Å²) in [5.41, 5.74) is 2.51. The molecule has 1 heterocycles. The van der Waals surface area contributed by atoms with Gasteiger partial charge in [-0.3, -0.25) is 15.6 Å². The van der Waals surface area contributed by atoms with Crippen molar-refractivity contribution in [2.45, 2.75) is 44.8 Å². The molecule has 6 nitrogen and oxygen atoms in total. The van der Waals surface area contributed by atoms with Crippen LogP contribution in [0.5, 0.6) is 0 Å². The predicted octanol–water partition coefficient (Wildman–Crippen LogP) is 4.44. The highest BCUT2D eigenvalue weighted by Gasteiger charge is 2.39. The Bertz CT molecular complexity index is 880. The number of carbonyl (C=O) groups excluding carboxylic acids is 1. The molecule has 1 aromatic carbocycles. The van der Waals surface area contributed by atoms with E-state index in [-0.39, 0.29) is 17.3 Å². The summed E-state index contributed by atoms with van der Waals surface area (Å²) in [5, 5.41) is 3.17. The van der Waals surface area contributed by atoms with Crippen LogP contribution in [0.25, 0.3) is 0 Å². The van der Waals surface area contributed by atoms with Crippen LogP contribution in [0.4, 0.5) is 23.5 Å². The van der Waals surface area contributed by atoms with E-state index in [0.717, 1.165) is 24.8 Å². The van der Waals surface area contributed by atoms with E-state index in [1.54, 1.807) is 11.5 Å². The van der Waals surface area contributed by atoms with Crippen molar-refractivity contribution in [3.8, 4) is 0 Å². The molecule has 0 saturated heterocycles. The van der Waals surface area contributed by atoms with Gasteiger partial charge in [-0.2, -0.15) is 13.2 Å². The molecule has 0 radical (unpaired) electrons. The van der Waals surface area contributed by atoms with E-state index in [4.69, 9.17) is 0 Å². The summed E-state index contributed by atoms with van der Waals surface area (Å²) < 4.78 is 50.6. The average Bonchev–Trinajstić information content (AvgIpc) is 2.70. The fraction of sp³-hybridized carbons (Fsp3) is 0.350. The highest BCUT2D eigenvalue weighted by molar-refractivity contribution is 5.93. The number of nitrogens with zero attached hydrogens (tertiary/aromatic N) is 2. The molecule has 30 heavy (non-hydrogen) atoms. The first-order chi connectivity index (χ1) is 14.2. The van der Waals surface area contributed by atoms with Crippen molar-refractivity contribution < 1.29 is 22.4 Å². The normalized spacial score (nSPS) is 14.5. The predicted molar refractivity (Wildman–Crippen MR) is 105 cm³/mol. The lowest BCUT2D eigenvalue weighted by Crippen LogP contribution is -2.43. The third-order valence-corrected chi connectivity index (χ3v) is 4.52. The smallest absolute Gasteiger partial charge is 0.345 e. The number of hydrogen-bond donors (Lipinski definition) is 3. The highest BCUT2D eigenvalue weighted by Crippen LogP contribution is 2.43. The molecule has 1 aliphatic rings. The molecule has 1 fully saturated rings. The van der Waals surface area contributed by atoms with Crippen molar-refractivity contribution in [2.24, 2.45) is 0 Å². The Balaban J connectivity index is 0.00000155. The number of aromatic nitrogens is 2. The number of nitrogens with one attached hydrogen (secondary N) is 3. The van der Waals surface area contributed by atoms with Gasteiger partial charge in [0.05, 0.1) is 11.1 Å². The minimum absolute atomic E-state index is 0.0403. The van der Waals surface area contributed by atoms with Crippen LogP contribution in [0.1, 0.15) is 49.0 Å². The summed E-state index contributed by atoms with van der Waals surface area (Å²) >= 11 is 0. The average molecular weight is 425 g/mol. The summed E-state index contributed by atoms with van der Waals surface area (Å²) in [6.07, 6.45) is 0.183. The Morgan fingerprint density at radius 3 is 2.27 bits per heavy atom. The molecular formula is C20H23F4N5O. The van der Waals surface area contributed by atoms with Gasteiger partial charge in [-0.1, -0.05) is 32.6 Å². The Hall–Kier alpha value is -3.17. The molecule has 10 heteroatoms. The minimum atomic E-state index is -4.68. The molecule has 1 amide bonds. The van der Waals surface area contributed by atoms with Gasteiger partial charge < -0.3 is 5.32 Å². The van der Waals surface area contributed by atoms with Crippen molar-refractivity contribution in [3.63, 3.8) is 0 Å². The van der Waals surface area contributed by atoms with Gasteiger partial charge in [-0.05, 0) is 37.0 Å². The third-order valence-electron chi connectivity index (χ3n) is 4.52. The fourth-order valence-corrected chi connectivity index (χ4v) is 2.80. The van der Waals surface area contributed by atoms with Crippen molar-refractivity contribution in [1.82, 2.24) is 20.8 Å². The molecule has 0 aliphatic heterocycles. The van der Waals surface area contributed by atoms with Crippen LogP contribution < -0.4 is 16.2 Å². The highest BCUT2D eigenvalue weighted by atomic mass is 19.4. The minimum Gasteiger partial charge on any atom is -0.345 e. The van der Waals surface area contributed by atoms with E-state index in [2.05, 4.69) is 21.9 Å². The molecule has 0 bridgehead atoms. The van der Waals surface area contributed by atoms with E-state index in [9.17, 15) is 22.4 Å². The van der Waals surface area contributed by atoms with Crippen LogP contribution in [0.15, 0.2) is 48.9 Å². The van der Waals surface area contributed by atoms with Crippen molar-refractivity contribution in [2.75, 3.05) is 5.32 Å². The number of hydrogen-bond acceptors (Lipinski definition) is 5. The standard InChI is InChI=1S/C18H17F4N5O.C2H6/c1-11(18(20,21)22)26-27-15(28)12-9-23-16(24-10-12)25-17(6-3-7-17)13-4-2-5-14(19)8-13;1-2/h2,4-5,8-10,26H,1,3,6-7H2,(H,27,28)(H,23,24,25);1-2H3. The molecule has 1 aromatic heterocycles. The molecule has 162 valence electrons. The van der Waals surface area contributed by atoms with Gasteiger partial charge in [0, 0.05) is 12.4 Å². The molecule has 3 N–H and O–H groups in total. The quantitative estimate of drug-likeness (QED) is 0.471. The van der Waals surface area contributed by atoms with Gasteiger partial charge in [-0.25, -0.2) is 14.4 Å². The summed E-state index contributed by atoms with van der Waals surface area (Å²) in [7, 11) is 0. The maximum absolute atomic E-state index is 13.6. The zero-order chi connectivity index (χ0) is 22.4. The maximum Gasteiger partial charge on any atom is 0.432 e. The number of allylic oxidation sites excluding steroid dienone is 1. The number of carbonyl (C=O) groups is 1. The van der Waals surface area contributed by atoms with Crippen LogP contribution in [-0.4, -0.2) is 22.1 Å². The Morgan fingerprint density at radius 1 is 1.13 bits per heavy atom. The molecule has 0 spiro atoms. The molecule has 1 saturated carbocycles. The topological polar surface area (TPSA) is 78.9 Å². The monoisotopic (exact) mass is 425 g/mol. The van der Waals surface area contributed by atoms with Crippen molar-refractivity contribution >= 4 is 11.9 Å². The number of hydrazine groups is 1. The number of amides is 1. The Morgan fingerprint density at radius 2 is 1.77 bits per heavy atom.